The molecule has 4 heteroatoms. The third kappa shape index (κ3) is 4.64. The molecule has 2 rings (SSSR count). The molecule has 0 aromatic carbocycles. The summed E-state index contributed by atoms with van der Waals surface area (Å²) in [6, 6.07) is 0. The fraction of sp³-hybridized carbons (Fsp3) is 0.923. The molecular weight excluding hydrogens is 214 g/mol. The molecule has 0 bridgehead atoms. The minimum absolute atomic E-state index is 0.206. The number of hydrogen-bond donors (Lipinski definition) is 2. The van der Waals surface area contributed by atoms with Crippen molar-refractivity contribution in [2.45, 2.75) is 44.9 Å². The molecule has 2 aliphatic heterocycles. The van der Waals surface area contributed by atoms with Crippen molar-refractivity contribution in [3.63, 3.8) is 0 Å². The van der Waals surface area contributed by atoms with Crippen LogP contribution in [-0.4, -0.2) is 37.1 Å². The van der Waals surface area contributed by atoms with Gasteiger partial charge in [-0.2, -0.15) is 0 Å². The number of carbonyl (C=O) groups is 1. The number of nitrogens with zero attached hydrogens (tertiary/aromatic N) is 1. The molecule has 0 aromatic heterocycles. The number of amides is 1. The summed E-state index contributed by atoms with van der Waals surface area (Å²) in [5.74, 6) is 0.910. The highest BCUT2D eigenvalue weighted by molar-refractivity contribution is 5.75. The lowest BCUT2D eigenvalue weighted by Crippen LogP contribution is -2.45. The van der Waals surface area contributed by atoms with Gasteiger partial charge < -0.3 is 5.32 Å². The third-order valence-corrected chi connectivity index (χ3v) is 3.82. The maximum Gasteiger partial charge on any atom is 0.234 e. The second-order valence-electron chi connectivity index (χ2n) is 5.33. The Balaban J connectivity index is 1.59. The first-order valence-electron chi connectivity index (χ1n) is 7.10. The monoisotopic (exact) mass is 239 g/mol. The quantitative estimate of drug-likeness (QED) is 0.777. The summed E-state index contributed by atoms with van der Waals surface area (Å²) in [7, 11) is 0. The van der Waals surface area contributed by atoms with Crippen LogP contribution in [0.1, 0.15) is 44.9 Å². The van der Waals surface area contributed by atoms with Gasteiger partial charge in [0.25, 0.3) is 0 Å². The molecule has 98 valence electrons. The standard InChI is InChI=1S/C13H25N3O/c17-13(15-16-9-2-1-3-10-16)7-6-12-5-4-8-14-11-12/h12,14H,1-11H2,(H,15,17). The zero-order valence-electron chi connectivity index (χ0n) is 10.7. The molecule has 0 saturated carbocycles. The molecule has 1 unspecified atom stereocenters. The van der Waals surface area contributed by atoms with Crippen LogP contribution in [-0.2, 0) is 4.79 Å². The number of hydrazine groups is 1. The largest absolute Gasteiger partial charge is 0.316 e. The minimum Gasteiger partial charge on any atom is -0.316 e. The van der Waals surface area contributed by atoms with E-state index in [9.17, 15) is 4.79 Å². The van der Waals surface area contributed by atoms with E-state index < -0.39 is 0 Å². The molecule has 1 amide bonds. The fourth-order valence-corrected chi connectivity index (χ4v) is 2.74. The Morgan fingerprint density at radius 2 is 2.06 bits per heavy atom. The van der Waals surface area contributed by atoms with Crippen molar-refractivity contribution >= 4 is 5.91 Å². The molecule has 2 aliphatic rings. The predicted octanol–water partition coefficient (Wildman–Crippen LogP) is 1.28. The summed E-state index contributed by atoms with van der Waals surface area (Å²) < 4.78 is 0. The van der Waals surface area contributed by atoms with E-state index in [1.165, 1.54) is 32.1 Å². The van der Waals surface area contributed by atoms with Gasteiger partial charge in [-0.05, 0) is 51.1 Å². The van der Waals surface area contributed by atoms with Crippen molar-refractivity contribution in [1.29, 1.82) is 0 Å². The second kappa shape index (κ2) is 6.97. The van der Waals surface area contributed by atoms with Crippen molar-refractivity contribution in [2.75, 3.05) is 26.2 Å². The molecule has 1 atom stereocenters. The average Bonchev–Trinajstić information content (AvgIpc) is 2.39. The Bertz CT molecular complexity index is 233. The molecule has 2 saturated heterocycles. The van der Waals surface area contributed by atoms with E-state index in [4.69, 9.17) is 0 Å². The van der Waals surface area contributed by atoms with Gasteiger partial charge >= 0.3 is 0 Å². The SMILES string of the molecule is O=C(CCC1CCCNC1)NN1CCCCC1. The van der Waals surface area contributed by atoms with Crippen molar-refractivity contribution in [3.8, 4) is 0 Å². The molecule has 4 nitrogen and oxygen atoms in total. The minimum atomic E-state index is 0.206. The van der Waals surface area contributed by atoms with Gasteiger partial charge in [-0.25, -0.2) is 5.01 Å². The van der Waals surface area contributed by atoms with Gasteiger partial charge in [0.15, 0.2) is 0 Å². The Kier molecular flexibility index (Phi) is 5.26. The van der Waals surface area contributed by atoms with Crippen molar-refractivity contribution in [1.82, 2.24) is 15.8 Å². The molecule has 0 aliphatic carbocycles. The molecular formula is C13H25N3O. The van der Waals surface area contributed by atoms with E-state index in [-0.39, 0.29) is 5.91 Å². The highest BCUT2D eigenvalue weighted by atomic mass is 16.2. The molecule has 2 fully saturated rings. The number of carbonyl (C=O) groups excluding carboxylic acids is 1. The number of nitrogens with one attached hydrogen (secondary N) is 2. The third-order valence-electron chi connectivity index (χ3n) is 3.82. The Morgan fingerprint density at radius 1 is 1.24 bits per heavy atom. The smallest absolute Gasteiger partial charge is 0.234 e. The van der Waals surface area contributed by atoms with Crippen molar-refractivity contribution in [3.05, 3.63) is 0 Å². The van der Waals surface area contributed by atoms with Crippen molar-refractivity contribution < 1.29 is 4.79 Å². The predicted molar refractivity (Wildman–Crippen MR) is 68.4 cm³/mol. The van der Waals surface area contributed by atoms with Gasteiger partial charge in [0.1, 0.15) is 0 Å². The second-order valence-corrected chi connectivity index (χ2v) is 5.33. The molecule has 2 N–H and O–H groups in total. The maximum atomic E-state index is 11.8. The van der Waals surface area contributed by atoms with Crippen molar-refractivity contribution in [2.24, 2.45) is 5.92 Å². The zero-order valence-corrected chi connectivity index (χ0v) is 10.7. The summed E-state index contributed by atoms with van der Waals surface area (Å²) in [5, 5.41) is 5.49. The van der Waals surface area contributed by atoms with Crippen LogP contribution in [0, 0.1) is 5.92 Å². The van der Waals surface area contributed by atoms with Gasteiger partial charge in [0, 0.05) is 19.5 Å². The maximum absolute atomic E-state index is 11.8. The van der Waals surface area contributed by atoms with E-state index >= 15 is 0 Å². The van der Waals surface area contributed by atoms with Crippen LogP contribution in [0.5, 0.6) is 0 Å². The highest BCUT2D eigenvalue weighted by Gasteiger charge is 2.16. The van der Waals surface area contributed by atoms with Crippen LogP contribution in [0.3, 0.4) is 0 Å². The topological polar surface area (TPSA) is 44.4 Å². The van der Waals surface area contributed by atoms with E-state index in [1.807, 2.05) is 0 Å². The molecule has 2 heterocycles. The first kappa shape index (κ1) is 12.8. The Morgan fingerprint density at radius 3 is 2.76 bits per heavy atom. The first-order chi connectivity index (χ1) is 8.34. The van der Waals surface area contributed by atoms with Crippen LogP contribution in [0.25, 0.3) is 0 Å². The lowest BCUT2D eigenvalue weighted by atomic mass is 9.95. The van der Waals surface area contributed by atoms with E-state index in [0.717, 1.165) is 32.6 Å². The van der Waals surface area contributed by atoms with E-state index in [0.29, 0.717) is 12.3 Å². The average molecular weight is 239 g/mol. The molecule has 17 heavy (non-hydrogen) atoms. The van der Waals surface area contributed by atoms with Crippen LogP contribution in [0.4, 0.5) is 0 Å². The van der Waals surface area contributed by atoms with Gasteiger partial charge in [-0.3, -0.25) is 10.2 Å². The van der Waals surface area contributed by atoms with E-state index in [1.54, 1.807) is 0 Å². The molecule has 0 spiro atoms. The summed E-state index contributed by atoms with van der Waals surface area (Å²) >= 11 is 0. The fourth-order valence-electron chi connectivity index (χ4n) is 2.74. The van der Waals surface area contributed by atoms with Gasteiger partial charge in [0.2, 0.25) is 5.91 Å². The van der Waals surface area contributed by atoms with Crippen LogP contribution < -0.4 is 10.7 Å². The molecule has 0 radical (unpaired) electrons. The summed E-state index contributed by atoms with van der Waals surface area (Å²) in [6.07, 6.45) is 8.00. The zero-order chi connectivity index (χ0) is 11.9. The number of rotatable bonds is 4. The summed E-state index contributed by atoms with van der Waals surface area (Å²) in [6.45, 7) is 4.29. The van der Waals surface area contributed by atoms with Gasteiger partial charge in [-0.1, -0.05) is 6.42 Å². The summed E-state index contributed by atoms with van der Waals surface area (Å²) in [5.41, 5.74) is 3.03. The van der Waals surface area contributed by atoms with E-state index in [2.05, 4.69) is 15.8 Å². The molecule has 0 aromatic rings. The Hall–Kier alpha value is -0.610. The van der Waals surface area contributed by atoms with Gasteiger partial charge in [-0.15, -0.1) is 0 Å². The lowest BCUT2D eigenvalue weighted by Gasteiger charge is -2.27. The van der Waals surface area contributed by atoms with Gasteiger partial charge in [0.05, 0.1) is 0 Å². The number of piperidine rings is 2. The van der Waals surface area contributed by atoms with Crippen LogP contribution in [0.2, 0.25) is 0 Å². The van der Waals surface area contributed by atoms with Crippen LogP contribution >= 0.6 is 0 Å². The lowest BCUT2D eigenvalue weighted by molar-refractivity contribution is -0.126. The first-order valence-corrected chi connectivity index (χ1v) is 7.10. The Labute approximate surface area is 104 Å². The number of hydrogen-bond acceptors (Lipinski definition) is 3. The van der Waals surface area contributed by atoms with Crippen LogP contribution in [0.15, 0.2) is 0 Å². The summed E-state index contributed by atoms with van der Waals surface area (Å²) in [4.78, 5) is 11.8. The highest BCUT2D eigenvalue weighted by Crippen LogP contribution is 2.15. The normalized spacial score (nSPS) is 26.7.